The van der Waals surface area contributed by atoms with Gasteiger partial charge in [0.2, 0.25) is 5.95 Å². The first-order valence-electron chi connectivity index (χ1n) is 5.28. The molecular weight excluding hydrogens is 254 g/mol. The highest BCUT2D eigenvalue weighted by atomic mass is 19.2. The van der Waals surface area contributed by atoms with Gasteiger partial charge in [-0.3, -0.25) is 4.79 Å². The van der Waals surface area contributed by atoms with E-state index in [9.17, 15) is 13.6 Å². The predicted octanol–water partition coefficient (Wildman–Crippen LogP) is -0.304. The summed E-state index contributed by atoms with van der Waals surface area (Å²) in [6.07, 6.45) is 1.33. The highest BCUT2D eigenvalue weighted by Crippen LogP contribution is 2.13. The number of carbonyl (C=O) groups is 1. The van der Waals surface area contributed by atoms with Crippen molar-refractivity contribution in [2.45, 2.75) is 0 Å². The lowest BCUT2D eigenvalue weighted by molar-refractivity contribution is -0.112. The van der Waals surface area contributed by atoms with E-state index in [1.54, 1.807) is 0 Å². The van der Waals surface area contributed by atoms with Gasteiger partial charge in [0.15, 0.2) is 11.6 Å². The van der Waals surface area contributed by atoms with E-state index in [1.165, 1.54) is 18.3 Å². The number of carbonyl (C=O) groups excluding carboxylic acids is 1. The van der Waals surface area contributed by atoms with Crippen molar-refractivity contribution in [2.24, 2.45) is 4.99 Å². The maximum Gasteiger partial charge on any atom is 0.280 e. The Bertz CT molecular complexity index is 832. The minimum Gasteiger partial charge on any atom is -0.368 e. The molecule has 94 valence electrons. The zero-order valence-electron chi connectivity index (χ0n) is 9.39. The van der Waals surface area contributed by atoms with Gasteiger partial charge in [0.05, 0.1) is 21.8 Å². The Balaban J connectivity index is 2.45. The van der Waals surface area contributed by atoms with Gasteiger partial charge in [-0.2, -0.15) is 0 Å². The third-order valence-corrected chi connectivity index (χ3v) is 2.69. The Morgan fingerprint density at radius 1 is 1.16 bits per heavy atom. The summed E-state index contributed by atoms with van der Waals surface area (Å²) in [4.78, 5) is 23.0. The number of halogens is 2. The minimum atomic E-state index is -1.13. The van der Waals surface area contributed by atoms with Crippen LogP contribution in [0, 0.1) is 11.6 Å². The van der Waals surface area contributed by atoms with Crippen molar-refractivity contribution in [1.29, 1.82) is 0 Å². The number of benzene rings is 1. The van der Waals surface area contributed by atoms with Gasteiger partial charge < -0.3 is 5.73 Å². The van der Waals surface area contributed by atoms with Crippen molar-refractivity contribution < 1.29 is 13.6 Å². The van der Waals surface area contributed by atoms with E-state index in [1.807, 2.05) is 0 Å². The molecule has 7 heteroatoms. The number of nitrogens with two attached hydrogens (primary N) is 1. The van der Waals surface area contributed by atoms with Crippen LogP contribution in [0.15, 0.2) is 29.4 Å². The summed E-state index contributed by atoms with van der Waals surface area (Å²) in [5.74, 6) is -2.93. The fraction of sp³-hybridized carbons (Fsp3) is 0. The molecule has 1 aliphatic heterocycles. The SMILES string of the molecule is Nc1nccc(C2=c3c(F)c(F)ccc3=NC2=O)n1. The van der Waals surface area contributed by atoms with Gasteiger partial charge in [-0.05, 0) is 18.2 Å². The first-order chi connectivity index (χ1) is 9.08. The molecule has 0 bridgehead atoms. The second-order valence-electron chi connectivity index (χ2n) is 3.85. The number of amides is 1. The zero-order valence-corrected chi connectivity index (χ0v) is 9.39. The molecule has 2 N–H and O–H groups in total. The van der Waals surface area contributed by atoms with Gasteiger partial charge in [0.1, 0.15) is 0 Å². The van der Waals surface area contributed by atoms with E-state index >= 15 is 0 Å². The quantitative estimate of drug-likeness (QED) is 0.763. The lowest BCUT2D eigenvalue weighted by atomic mass is 10.1. The Labute approximate surface area is 105 Å². The summed E-state index contributed by atoms with van der Waals surface area (Å²) in [5, 5.41) is -0.112. The second-order valence-corrected chi connectivity index (χ2v) is 3.85. The lowest BCUT2D eigenvalue weighted by Gasteiger charge is -2.00. The van der Waals surface area contributed by atoms with E-state index in [4.69, 9.17) is 5.73 Å². The van der Waals surface area contributed by atoms with Crippen LogP contribution in [-0.4, -0.2) is 15.9 Å². The van der Waals surface area contributed by atoms with E-state index in [-0.39, 0.29) is 27.8 Å². The summed E-state index contributed by atoms with van der Waals surface area (Å²) in [5.41, 5.74) is 5.42. The Morgan fingerprint density at radius 3 is 2.68 bits per heavy atom. The normalized spacial score (nSPS) is 13.4. The van der Waals surface area contributed by atoms with E-state index in [0.717, 1.165) is 6.07 Å². The first kappa shape index (κ1) is 11.4. The number of nitrogen functional groups attached to an aromatic ring is 1. The number of anilines is 1. The number of fused-ring (bicyclic) bond motifs is 1. The van der Waals surface area contributed by atoms with Crippen LogP contribution in [0.4, 0.5) is 14.7 Å². The van der Waals surface area contributed by atoms with Crippen LogP contribution in [0.2, 0.25) is 0 Å². The monoisotopic (exact) mass is 260 g/mol. The molecule has 1 aromatic heterocycles. The number of hydrogen-bond donors (Lipinski definition) is 1. The number of aromatic nitrogens is 2. The molecule has 1 amide bonds. The van der Waals surface area contributed by atoms with Crippen LogP contribution in [0.5, 0.6) is 0 Å². The average Bonchev–Trinajstić information content (AvgIpc) is 2.71. The van der Waals surface area contributed by atoms with Crippen molar-refractivity contribution in [2.75, 3.05) is 5.73 Å². The lowest BCUT2D eigenvalue weighted by Crippen LogP contribution is -2.29. The zero-order chi connectivity index (χ0) is 13.6. The van der Waals surface area contributed by atoms with Crippen molar-refractivity contribution >= 4 is 17.4 Å². The van der Waals surface area contributed by atoms with Gasteiger partial charge in [0, 0.05) is 6.20 Å². The molecule has 1 aromatic carbocycles. The number of nitrogens with zero attached hydrogens (tertiary/aromatic N) is 3. The molecule has 19 heavy (non-hydrogen) atoms. The van der Waals surface area contributed by atoms with Gasteiger partial charge in [-0.25, -0.2) is 23.7 Å². The molecule has 0 spiro atoms. The van der Waals surface area contributed by atoms with Crippen molar-refractivity contribution in [3.05, 3.63) is 52.3 Å². The Kier molecular flexibility index (Phi) is 2.34. The van der Waals surface area contributed by atoms with Gasteiger partial charge in [-0.15, -0.1) is 0 Å². The van der Waals surface area contributed by atoms with Crippen LogP contribution in [-0.2, 0) is 4.79 Å². The first-order valence-corrected chi connectivity index (χ1v) is 5.28. The molecule has 0 aliphatic carbocycles. The molecule has 0 fully saturated rings. The number of rotatable bonds is 1. The molecule has 1 aliphatic rings. The number of hydrogen-bond acceptors (Lipinski definition) is 4. The van der Waals surface area contributed by atoms with Crippen molar-refractivity contribution in [3.8, 4) is 0 Å². The Hall–Kier alpha value is -2.70. The summed E-state index contributed by atoms with van der Waals surface area (Å²) in [6.45, 7) is 0. The van der Waals surface area contributed by atoms with Crippen LogP contribution >= 0.6 is 0 Å². The topological polar surface area (TPSA) is 81.2 Å². The molecule has 5 nitrogen and oxygen atoms in total. The fourth-order valence-electron chi connectivity index (χ4n) is 1.89. The average molecular weight is 260 g/mol. The molecular formula is C12H6F2N4O. The fourth-order valence-corrected chi connectivity index (χ4v) is 1.89. The maximum absolute atomic E-state index is 13.8. The molecule has 3 rings (SSSR count). The predicted molar refractivity (Wildman–Crippen MR) is 61.1 cm³/mol. The van der Waals surface area contributed by atoms with Crippen LogP contribution in [0.25, 0.3) is 5.57 Å². The summed E-state index contributed by atoms with van der Waals surface area (Å²) in [6, 6.07) is 3.55. The van der Waals surface area contributed by atoms with Gasteiger partial charge in [0.25, 0.3) is 5.91 Å². The van der Waals surface area contributed by atoms with E-state index < -0.39 is 17.5 Å². The summed E-state index contributed by atoms with van der Waals surface area (Å²) in [7, 11) is 0. The van der Waals surface area contributed by atoms with Crippen molar-refractivity contribution in [1.82, 2.24) is 9.97 Å². The van der Waals surface area contributed by atoms with E-state index in [2.05, 4.69) is 15.0 Å². The molecule has 0 radical (unpaired) electrons. The molecule has 0 saturated heterocycles. The Morgan fingerprint density at radius 2 is 1.95 bits per heavy atom. The largest absolute Gasteiger partial charge is 0.368 e. The smallest absolute Gasteiger partial charge is 0.280 e. The van der Waals surface area contributed by atoms with Crippen LogP contribution in [0.1, 0.15) is 5.69 Å². The van der Waals surface area contributed by atoms with E-state index in [0.29, 0.717) is 0 Å². The summed E-state index contributed by atoms with van der Waals surface area (Å²) >= 11 is 0. The van der Waals surface area contributed by atoms with Gasteiger partial charge in [-0.1, -0.05) is 0 Å². The third-order valence-electron chi connectivity index (χ3n) is 2.69. The summed E-state index contributed by atoms with van der Waals surface area (Å²) < 4.78 is 27.1. The van der Waals surface area contributed by atoms with Crippen molar-refractivity contribution in [3.63, 3.8) is 0 Å². The van der Waals surface area contributed by atoms with Gasteiger partial charge >= 0.3 is 0 Å². The molecule has 2 aromatic rings. The molecule has 0 saturated carbocycles. The minimum absolute atomic E-state index is 0.0666. The standard InChI is InChI=1S/C12H6F2N4O/c13-5-1-2-6-8(10(5)14)9(11(19)17-6)7-3-4-16-12(15)18-7/h1-4H,(H2,15,16,18). The highest BCUT2D eigenvalue weighted by Gasteiger charge is 2.23. The molecule has 0 atom stereocenters. The van der Waals surface area contributed by atoms with Crippen LogP contribution in [0.3, 0.4) is 0 Å². The maximum atomic E-state index is 13.8. The molecule has 2 heterocycles. The van der Waals surface area contributed by atoms with Crippen LogP contribution < -0.4 is 16.3 Å². The third kappa shape index (κ3) is 1.67. The highest BCUT2D eigenvalue weighted by molar-refractivity contribution is 6.20. The second kappa shape index (κ2) is 3.91. The molecule has 0 unspecified atom stereocenters.